The number of fused-ring (bicyclic) bond motifs is 1. The van der Waals surface area contributed by atoms with E-state index >= 15 is 0 Å². The topological polar surface area (TPSA) is 136 Å². The summed E-state index contributed by atoms with van der Waals surface area (Å²) in [5, 5.41) is 14.5. The molecule has 0 spiro atoms. The molecule has 0 fully saturated rings. The minimum atomic E-state index is -1.18. The van der Waals surface area contributed by atoms with Gasteiger partial charge in [0.25, 0.3) is 0 Å². The highest BCUT2D eigenvalue weighted by atomic mass is 19.1. The smallest absolute Gasteiger partial charge is 0.339 e. The molecule has 4 rings (SSSR count). The number of benzene rings is 2. The summed E-state index contributed by atoms with van der Waals surface area (Å²) < 4.78 is 20.0. The molecule has 1 atom stereocenters. The Morgan fingerprint density at radius 3 is 2.56 bits per heavy atom. The predicted molar refractivity (Wildman–Crippen MR) is 114 cm³/mol. The Kier molecular flexibility index (Phi) is 5.42. The third-order valence-corrected chi connectivity index (χ3v) is 4.92. The highest BCUT2D eigenvalue weighted by molar-refractivity contribution is 6.03. The van der Waals surface area contributed by atoms with Crippen LogP contribution >= 0.6 is 0 Å². The molecule has 9 nitrogen and oxygen atoms in total. The molecule has 4 N–H and O–H groups in total. The van der Waals surface area contributed by atoms with E-state index in [0.29, 0.717) is 27.9 Å². The molecule has 0 bridgehead atoms. The van der Waals surface area contributed by atoms with Gasteiger partial charge in [-0.3, -0.25) is 4.79 Å². The first kappa shape index (κ1) is 20.8. The Labute approximate surface area is 180 Å². The Balaban J connectivity index is 1.97. The highest BCUT2D eigenvalue weighted by Gasteiger charge is 2.28. The van der Waals surface area contributed by atoms with E-state index in [2.05, 4.69) is 15.1 Å². The van der Waals surface area contributed by atoms with Crippen LogP contribution in [0.4, 0.5) is 4.39 Å². The normalized spacial score (nSPS) is 12.3. The van der Waals surface area contributed by atoms with Gasteiger partial charge in [0.2, 0.25) is 5.91 Å². The van der Waals surface area contributed by atoms with Crippen LogP contribution in [0.15, 0.2) is 48.9 Å². The lowest BCUT2D eigenvalue weighted by Crippen LogP contribution is -2.28. The summed E-state index contributed by atoms with van der Waals surface area (Å²) in [5.74, 6) is -2.14. The van der Waals surface area contributed by atoms with E-state index in [-0.39, 0.29) is 17.1 Å². The number of hydrogen-bond acceptors (Lipinski definition) is 5. The van der Waals surface area contributed by atoms with E-state index < -0.39 is 17.9 Å². The van der Waals surface area contributed by atoms with Crippen LogP contribution in [0.25, 0.3) is 23.1 Å². The van der Waals surface area contributed by atoms with Gasteiger partial charge in [0.05, 0.1) is 41.9 Å². The number of primary amides is 1. The van der Waals surface area contributed by atoms with Crippen LogP contribution in [0, 0.1) is 5.82 Å². The van der Waals surface area contributed by atoms with Gasteiger partial charge in [-0.1, -0.05) is 18.2 Å². The van der Waals surface area contributed by atoms with Gasteiger partial charge < -0.3 is 20.6 Å². The van der Waals surface area contributed by atoms with Crippen LogP contribution in [0.2, 0.25) is 0 Å². The van der Waals surface area contributed by atoms with Gasteiger partial charge in [-0.15, -0.1) is 0 Å². The molecule has 162 valence electrons. The quantitative estimate of drug-likeness (QED) is 0.408. The summed E-state index contributed by atoms with van der Waals surface area (Å²) in [5.41, 5.74) is 7.49. The lowest BCUT2D eigenvalue weighted by atomic mass is 10.1. The van der Waals surface area contributed by atoms with Crippen LogP contribution < -0.4 is 10.5 Å². The van der Waals surface area contributed by atoms with Crippen LogP contribution in [0.1, 0.15) is 33.4 Å². The molecule has 0 saturated carbocycles. The van der Waals surface area contributed by atoms with Crippen molar-refractivity contribution >= 4 is 34.9 Å². The molecule has 4 aromatic rings. The number of aromatic nitrogens is 4. The molecule has 0 aliphatic heterocycles. The molecular formula is C22H18FN5O4. The lowest BCUT2D eigenvalue weighted by molar-refractivity contribution is -0.120. The number of ether oxygens (including phenoxy) is 1. The molecule has 2 heterocycles. The molecule has 10 heteroatoms. The molecular weight excluding hydrogens is 417 g/mol. The number of carboxylic acids is 1. The van der Waals surface area contributed by atoms with Gasteiger partial charge in [-0.25, -0.2) is 18.9 Å². The van der Waals surface area contributed by atoms with E-state index in [9.17, 15) is 19.1 Å². The first-order valence-electron chi connectivity index (χ1n) is 9.44. The van der Waals surface area contributed by atoms with Gasteiger partial charge in [0.1, 0.15) is 17.1 Å². The summed E-state index contributed by atoms with van der Waals surface area (Å²) in [4.78, 5) is 30.9. The maximum Gasteiger partial charge on any atom is 0.339 e. The molecule has 1 amide bonds. The van der Waals surface area contributed by atoms with E-state index in [1.54, 1.807) is 24.3 Å². The number of carbonyl (C=O) groups excluding carboxylic acids is 1. The maximum atomic E-state index is 13.2. The van der Waals surface area contributed by atoms with Gasteiger partial charge in [0, 0.05) is 0 Å². The largest absolute Gasteiger partial charge is 0.495 e. The molecule has 0 aliphatic carbocycles. The number of carbonyl (C=O) groups is 2. The van der Waals surface area contributed by atoms with Gasteiger partial charge in [0.15, 0.2) is 6.04 Å². The Morgan fingerprint density at radius 2 is 1.97 bits per heavy atom. The SMILES string of the molecule is COc1c(C(=O)O)ccc2c1c(C=Cc1ccc(F)cc1)nn2C(C(N)=O)c1cnc[nH]1. The van der Waals surface area contributed by atoms with Crippen molar-refractivity contribution in [1.29, 1.82) is 0 Å². The fraction of sp³-hybridized carbons (Fsp3) is 0.0909. The number of H-pyrrole nitrogens is 1. The first-order valence-corrected chi connectivity index (χ1v) is 9.44. The average molecular weight is 435 g/mol. The number of amides is 1. The molecule has 2 aromatic heterocycles. The van der Waals surface area contributed by atoms with Gasteiger partial charge in [-0.05, 0) is 35.9 Å². The molecule has 32 heavy (non-hydrogen) atoms. The monoisotopic (exact) mass is 435 g/mol. The predicted octanol–water partition coefficient (Wildman–Crippen LogP) is 2.85. The Hall–Kier alpha value is -4.47. The number of nitrogens with two attached hydrogens (primary N) is 1. The standard InChI is InChI=1S/C22H18FN5O4/c1-32-20-14(22(30)31)7-9-17-18(20)15(8-4-12-2-5-13(23)6-3-12)27-28(17)19(21(24)29)16-10-25-11-26-16/h2-11,19H,1H3,(H2,24,29)(H,25,26)(H,30,31). The number of halogens is 1. The third kappa shape index (κ3) is 3.69. The maximum absolute atomic E-state index is 13.2. The zero-order valence-corrected chi connectivity index (χ0v) is 16.8. The summed E-state index contributed by atoms with van der Waals surface area (Å²) >= 11 is 0. The second-order valence-corrected chi connectivity index (χ2v) is 6.87. The van der Waals surface area contributed by atoms with Crippen molar-refractivity contribution in [3.05, 3.63) is 77.3 Å². The Morgan fingerprint density at radius 1 is 1.22 bits per heavy atom. The first-order chi connectivity index (χ1) is 15.4. The number of nitrogens with one attached hydrogen (secondary N) is 1. The summed E-state index contributed by atoms with van der Waals surface area (Å²) in [6.07, 6.45) is 6.19. The van der Waals surface area contributed by atoms with Crippen molar-refractivity contribution < 1.29 is 23.8 Å². The number of imidazole rings is 1. The third-order valence-electron chi connectivity index (χ3n) is 4.92. The number of methoxy groups -OCH3 is 1. The van der Waals surface area contributed by atoms with E-state index in [0.717, 1.165) is 0 Å². The molecule has 0 aliphatic rings. The second-order valence-electron chi connectivity index (χ2n) is 6.87. The number of aromatic carboxylic acids is 1. The van der Waals surface area contributed by atoms with Gasteiger partial charge in [-0.2, -0.15) is 5.10 Å². The number of carboxylic acid groups (broad SMARTS) is 1. The molecule has 0 radical (unpaired) electrons. The molecule has 1 unspecified atom stereocenters. The number of rotatable bonds is 7. The average Bonchev–Trinajstić information content (AvgIpc) is 3.41. The number of nitrogens with zero attached hydrogens (tertiary/aromatic N) is 3. The van der Waals surface area contributed by atoms with Crippen LogP contribution in [0.3, 0.4) is 0 Å². The minimum Gasteiger partial charge on any atom is -0.495 e. The zero-order valence-electron chi connectivity index (χ0n) is 16.8. The van der Waals surface area contributed by atoms with Crippen molar-refractivity contribution in [1.82, 2.24) is 19.7 Å². The van der Waals surface area contributed by atoms with Crippen LogP contribution in [-0.2, 0) is 4.79 Å². The van der Waals surface area contributed by atoms with Crippen molar-refractivity contribution in [2.45, 2.75) is 6.04 Å². The number of aromatic amines is 1. The highest BCUT2D eigenvalue weighted by Crippen LogP contribution is 2.35. The molecule has 0 saturated heterocycles. The van der Waals surface area contributed by atoms with Crippen LogP contribution in [0.5, 0.6) is 5.75 Å². The second kappa shape index (κ2) is 8.34. The van der Waals surface area contributed by atoms with Crippen molar-refractivity contribution in [3.8, 4) is 5.75 Å². The summed E-state index contributed by atoms with van der Waals surface area (Å²) in [6.45, 7) is 0. The van der Waals surface area contributed by atoms with Crippen molar-refractivity contribution in [2.75, 3.05) is 7.11 Å². The van der Waals surface area contributed by atoms with E-state index in [1.807, 2.05) is 0 Å². The van der Waals surface area contributed by atoms with E-state index in [1.165, 1.54) is 48.6 Å². The van der Waals surface area contributed by atoms with Crippen molar-refractivity contribution in [2.24, 2.45) is 5.73 Å². The summed E-state index contributed by atoms with van der Waals surface area (Å²) in [7, 11) is 1.35. The van der Waals surface area contributed by atoms with Crippen LogP contribution in [-0.4, -0.2) is 43.8 Å². The minimum absolute atomic E-state index is 0.0619. The zero-order chi connectivity index (χ0) is 22.8. The van der Waals surface area contributed by atoms with E-state index in [4.69, 9.17) is 10.5 Å². The summed E-state index contributed by atoms with van der Waals surface area (Å²) in [6, 6.07) is 7.70. The van der Waals surface area contributed by atoms with Gasteiger partial charge >= 0.3 is 5.97 Å². The molecule has 2 aromatic carbocycles. The fourth-order valence-electron chi connectivity index (χ4n) is 3.50. The number of hydrogen-bond donors (Lipinski definition) is 3. The van der Waals surface area contributed by atoms with Crippen molar-refractivity contribution in [3.63, 3.8) is 0 Å². The fourth-order valence-corrected chi connectivity index (χ4v) is 3.50. The Bertz CT molecular complexity index is 1330. The lowest BCUT2D eigenvalue weighted by Gasteiger charge is -2.14.